The number of carbonyl (C=O) groups is 1. The van der Waals surface area contributed by atoms with E-state index in [1.165, 1.54) is 0 Å². The number of halogens is 1. The van der Waals surface area contributed by atoms with Crippen LogP contribution in [0, 0.1) is 12.8 Å². The van der Waals surface area contributed by atoms with Gasteiger partial charge in [-0.1, -0.05) is 26.0 Å². The highest BCUT2D eigenvalue weighted by atomic mass is 127. The van der Waals surface area contributed by atoms with E-state index in [1.54, 1.807) is 18.4 Å². The maximum absolute atomic E-state index is 12.0. The molecule has 6 nitrogen and oxygen atoms in total. The number of thiazole rings is 1. The summed E-state index contributed by atoms with van der Waals surface area (Å²) in [7, 11) is 3.76. The van der Waals surface area contributed by atoms with Gasteiger partial charge >= 0.3 is 0 Å². The van der Waals surface area contributed by atoms with E-state index in [0.29, 0.717) is 25.4 Å². The van der Waals surface area contributed by atoms with Gasteiger partial charge in [0.25, 0.3) is 0 Å². The topological polar surface area (TPSA) is 69.6 Å². The van der Waals surface area contributed by atoms with E-state index in [9.17, 15) is 4.79 Å². The molecule has 0 radical (unpaired) electrons. The fraction of sp³-hybridized carbons (Fsp3) is 0.450. The minimum atomic E-state index is 0. The Labute approximate surface area is 188 Å². The number of rotatable bonds is 7. The van der Waals surface area contributed by atoms with E-state index >= 15 is 0 Å². The molecule has 8 heteroatoms. The Morgan fingerprint density at radius 2 is 2.11 bits per heavy atom. The lowest BCUT2D eigenvalue weighted by Crippen LogP contribution is -2.38. The predicted molar refractivity (Wildman–Crippen MR) is 128 cm³/mol. The number of aromatic nitrogens is 1. The summed E-state index contributed by atoms with van der Waals surface area (Å²) in [6.07, 6.45) is 0.524. The fourth-order valence-corrected chi connectivity index (χ4v) is 3.31. The third kappa shape index (κ3) is 8.14. The van der Waals surface area contributed by atoms with E-state index in [-0.39, 0.29) is 29.9 Å². The third-order valence-corrected chi connectivity index (χ3v) is 4.72. The molecule has 0 fully saturated rings. The van der Waals surface area contributed by atoms with Crippen molar-refractivity contribution in [2.24, 2.45) is 10.9 Å². The second-order valence-electron chi connectivity index (χ2n) is 6.96. The van der Waals surface area contributed by atoms with Crippen LogP contribution in [-0.4, -0.2) is 35.8 Å². The highest BCUT2D eigenvalue weighted by Gasteiger charge is 2.09. The second kappa shape index (κ2) is 12.0. The minimum absolute atomic E-state index is 0. The van der Waals surface area contributed by atoms with Crippen molar-refractivity contribution in [3.05, 3.63) is 45.9 Å². The molecule has 0 saturated carbocycles. The quantitative estimate of drug-likeness (QED) is 0.329. The molecule has 0 unspecified atom stereocenters. The van der Waals surface area contributed by atoms with Crippen LogP contribution in [0.3, 0.4) is 0 Å². The Morgan fingerprint density at radius 1 is 1.36 bits per heavy atom. The number of benzene rings is 1. The van der Waals surface area contributed by atoms with Crippen LogP contribution in [0.4, 0.5) is 5.69 Å². The van der Waals surface area contributed by atoms with Crippen molar-refractivity contribution in [2.75, 3.05) is 19.4 Å². The molecule has 0 aliphatic carbocycles. The molecule has 0 aliphatic rings. The third-order valence-electron chi connectivity index (χ3n) is 3.89. The van der Waals surface area contributed by atoms with Gasteiger partial charge in [-0.05, 0) is 30.5 Å². The van der Waals surface area contributed by atoms with E-state index in [4.69, 9.17) is 0 Å². The van der Waals surface area contributed by atoms with Gasteiger partial charge in [-0.3, -0.25) is 9.79 Å². The zero-order valence-electron chi connectivity index (χ0n) is 17.2. The normalized spacial score (nSPS) is 11.1. The Bertz CT molecular complexity index is 790. The number of nitrogens with one attached hydrogen (secondary N) is 2. The molecular weight excluding hydrogens is 485 g/mol. The van der Waals surface area contributed by atoms with E-state index in [0.717, 1.165) is 27.9 Å². The van der Waals surface area contributed by atoms with Crippen molar-refractivity contribution < 1.29 is 4.79 Å². The summed E-state index contributed by atoms with van der Waals surface area (Å²) >= 11 is 1.65. The number of nitrogens with zero attached hydrogens (tertiary/aromatic N) is 3. The molecule has 0 saturated heterocycles. The van der Waals surface area contributed by atoms with Crippen LogP contribution in [0.5, 0.6) is 0 Å². The van der Waals surface area contributed by atoms with Gasteiger partial charge in [0.15, 0.2) is 5.96 Å². The maximum Gasteiger partial charge on any atom is 0.224 e. The molecule has 28 heavy (non-hydrogen) atoms. The zero-order valence-corrected chi connectivity index (χ0v) is 20.3. The van der Waals surface area contributed by atoms with Gasteiger partial charge in [0.1, 0.15) is 0 Å². The van der Waals surface area contributed by atoms with Crippen molar-refractivity contribution in [3.8, 4) is 0 Å². The van der Waals surface area contributed by atoms with Gasteiger partial charge in [-0.15, -0.1) is 35.3 Å². The first-order chi connectivity index (χ1) is 12.9. The molecule has 2 aromatic rings. The molecule has 0 aliphatic heterocycles. The van der Waals surface area contributed by atoms with E-state index < -0.39 is 0 Å². The minimum Gasteiger partial charge on any atom is -0.352 e. The number of anilines is 1. The predicted octanol–water partition coefficient (Wildman–Crippen LogP) is 4.26. The first kappa shape index (κ1) is 24.4. The van der Waals surface area contributed by atoms with Gasteiger partial charge in [-0.25, -0.2) is 4.98 Å². The molecule has 0 atom stereocenters. The average molecular weight is 515 g/mol. The Balaban J connectivity index is 0.00000392. The molecule has 2 rings (SSSR count). The summed E-state index contributed by atoms with van der Waals surface area (Å²) in [5.41, 5.74) is 2.94. The summed E-state index contributed by atoms with van der Waals surface area (Å²) in [5.74, 6) is 1.19. The van der Waals surface area contributed by atoms with Crippen molar-refractivity contribution >= 4 is 52.9 Å². The molecule has 1 aromatic carbocycles. The fourth-order valence-electron chi connectivity index (χ4n) is 2.71. The molecule has 1 amide bonds. The van der Waals surface area contributed by atoms with Crippen LogP contribution in [0.2, 0.25) is 0 Å². The number of aliphatic imine (C=N–C) groups is 1. The molecular formula is C20H30IN5OS. The summed E-state index contributed by atoms with van der Waals surface area (Å²) in [6, 6.07) is 7.88. The Kier molecular flexibility index (Phi) is 10.4. The number of amides is 1. The van der Waals surface area contributed by atoms with Gasteiger partial charge in [0.2, 0.25) is 5.91 Å². The monoisotopic (exact) mass is 515 g/mol. The lowest BCUT2D eigenvalue weighted by Gasteiger charge is -2.21. The van der Waals surface area contributed by atoms with Crippen LogP contribution >= 0.6 is 35.3 Å². The molecule has 1 heterocycles. The molecule has 0 spiro atoms. The Morgan fingerprint density at radius 3 is 2.71 bits per heavy atom. The van der Waals surface area contributed by atoms with Crippen molar-refractivity contribution in [1.29, 1.82) is 0 Å². The highest BCUT2D eigenvalue weighted by molar-refractivity contribution is 14.0. The Hall–Kier alpha value is -1.68. The van der Waals surface area contributed by atoms with Crippen LogP contribution in [0.25, 0.3) is 0 Å². The summed E-state index contributed by atoms with van der Waals surface area (Å²) in [6.45, 7) is 7.41. The summed E-state index contributed by atoms with van der Waals surface area (Å²) < 4.78 is 0. The van der Waals surface area contributed by atoms with Crippen LogP contribution in [-0.2, 0) is 17.9 Å². The lowest BCUT2D eigenvalue weighted by atomic mass is 10.1. The van der Waals surface area contributed by atoms with Gasteiger partial charge < -0.3 is 15.5 Å². The summed E-state index contributed by atoms with van der Waals surface area (Å²) in [4.78, 5) is 22.8. The maximum atomic E-state index is 12.0. The summed E-state index contributed by atoms with van der Waals surface area (Å²) in [5, 5.41) is 9.46. The molecule has 1 aromatic heterocycles. The standard InChI is InChI=1S/C20H29N5OS.HI/c1-14(2)9-19(26)24-17-8-6-7-16(10-17)11-22-20(21-4)25(5)12-18-13-27-15(3)23-18;/h6-8,10,13-14H,9,11-12H2,1-5H3,(H,21,22)(H,24,26);1H. The molecule has 0 bridgehead atoms. The number of carbonyl (C=O) groups excluding carboxylic acids is 1. The van der Waals surface area contributed by atoms with Crippen molar-refractivity contribution in [3.63, 3.8) is 0 Å². The van der Waals surface area contributed by atoms with Crippen LogP contribution in [0.15, 0.2) is 34.6 Å². The first-order valence-corrected chi connectivity index (χ1v) is 9.97. The average Bonchev–Trinajstić information content (AvgIpc) is 2.99. The van der Waals surface area contributed by atoms with Crippen LogP contribution < -0.4 is 10.6 Å². The van der Waals surface area contributed by atoms with Gasteiger partial charge in [0, 0.05) is 38.1 Å². The largest absolute Gasteiger partial charge is 0.352 e. The van der Waals surface area contributed by atoms with E-state index in [1.807, 2.05) is 57.0 Å². The first-order valence-electron chi connectivity index (χ1n) is 9.09. The van der Waals surface area contributed by atoms with Gasteiger partial charge in [0.05, 0.1) is 17.2 Å². The smallest absolute Gasteiger partial charge is 0.224 e. The van der Waals surface area contributed by atoms with Crippen molar-refractivity contribution in [1.82, 2.24) is 15.2 Å². The number of hydrogen-bond acceptors (Lipinski definition) is 4. The number of hydrogen-bond donors (Lipinski definition) is 2. The lowest BCUT2D eigenvalue weighted by molar-refractivity contribution is -0.116. The number of guanidine groups is 1. The molecule has 2 N–H and O–H groups in total. The molecule has 154 valence electrons. The zero-order chi connectivity index (χ0) is 19.8. The second-order valence-corrected chi connectivity index (χ2v) is 8.02. The van der Waals surface area contributed by atoms with Gasteiger partial charge in [-0.2, -0.15) is 0 Å². The van der Waals surface area contributed by atoms with Crippen LogP contribution in [0.1, 0.15) is 36.5 Å². The highest BCUT2D eigenvalue weighted by Crippen LogP contribution is 2.13. The van der Waals surface area contributed by atoms with Crippen molar-refractivity contribution in [2.45, 2.75) is 40.3 Å². The number of aryl methyl sites for hydroxylation is 1. The van der Waals surface area contributed by atoms with E-state index in [2.05, 4.69) is 26.0 Å². The SMILES string of the molecule is CN=C(NCc1cccc(NC(=O)CC(C)C)c1)N(C)Cc1csc(C)n1.I.